The molecule has 14 heavy (non-hydrogen) atoms. The molecule has 0 saturated heterocycles. The predicted octanol–water partition coefficient (Wildman–Crippen LogP) is 2.28. The number of para-hydroxylation sites is 1. The van der Waals surface area contributed by atoms with E-state index in [1.807, 2.05) is 32.3 Å². The van der Waals surface area contributed by atoms with Gasteiger partial charge in [0.05, 0.1) is 17.1 Å². The lowest BCUT2D eigenvalue weighted by atomic mass is 10.3. The van der Waals surface area contributed by atoms with E-state index in [-0.39, 0.29) is 0 Å². The molecule has 1 aromatic heterocycles. The normalized spacial score (nSPS) is 11.4. The zero-order valence-corrected chi connectivity index (χ0v) is 8.97. The molecule has 0 fully saturated rings. The molecule has 3 nitrogen and oxygen atoms in total. The second-order valence-corrected chi connectivity index (χ2v) is 3.96. The van der Waals surface area contributed by atoms with Crippen molar-refractivity contribution in [1.29, 1.82) is 0 Å². The topological polar surface area (TPSA) is 31.9 Å². The van der Waals surface area contributed by atoms with E-state index in [2.05, 4.69) is 14.9 Å². The van der Waals surface area contributed by atoms with Crippen LogP contribution in [-0.4, -0.2) is 29.0 Å². The smallest absolute Gasteiger partial charge is 0.121 e. The molecule has 2 rings (SSSR count). The third-order valence-corrected chi connectivity index (χ3v) is 2.28. The number of nitrogens with zero attached hydrogens (tertiary/aromatic N) is 2. The number of aromatic amines is 1. The molecule has 0 spiro atoms. The highest BCUT2D eigenvalue weighted by atomic mass is 35.5. The molecule has 0 unspecified atom stereocenters. The van der Waals surface area contributed by atoms with Crippen molar-refractivity contribution in [3.05, 3.63) is 29.0 Å². The van der Waals surface area contributed by atoms with Gasteiger partial charge in [-0.1, -0.05) is 17.7 Å². The first-order chi connectivity index (χ1) is 6.66. The van der Waals surface area contributed by atoms with Gasteiger partial charge in [0.2, 0.25) is 0 Å². The van der Waals surface area contributed by atoms with Gasteiger partial charge in [-0.15, -0.1) is 0 Å². The number of benzene rings is 1. The molecular weight excluding hydrogens is 198 g/mol. The maximum absolute atomic E-state index is 6.01. The van der Waals surface area contributed by atoms with Crippen molar-refractivity contribution >= 4 is 22.6 Å². The fourth-order valence-corrected chi connectivity index (χ4v) is 1.64. The van der Waals surface area contributed by atoms with Crippen LogP contribution in [0.25, 0.3) is 11.0 Å². The van der Waals surface area contributed by atoms with Gasteiger partial charge in [0.1, 0.15) is 11.3 Å². The van der Waals surface area contributed by atoms with Crippen LogP contribution in [0.4, 0.5) is 0 Å². The number of nitrogens with one attached hydrogen (secondary N) is 1. The Morgan fingerprint density at radius 1 is 1.43 bits per heavy atom. The molecule has 0 bridgehead atoms. The monoisotopic (exact) mass is 209 g/mol. The number of hydrogen-bond acceptors (Lipinski definition) is 2. The predicted molar refractivity (Wildman–Crippen MR) is 58.5 cm³/mol. The second-order valence-electron chi connectivity index (χ2n) is 3.56. The Hall–Kier alpha value is -1.06. The summed E-state index contributed by atoms with van der Waals surface area (Å²) in [7, 11) is 4.02. The first-order valence-electron chi connectivity index (χ1n) is 4.44. The lowest BCUT2D eigenvalue weighted by molar-refractivity contribution is 0.392. The summed E-state index contributed by atoms with van der Waals surface area (Å²) in [6, 6.07) is 5.75. The molecule has 4 heteroatoms. The van der Waals surface area contributed by atoms with Crippen molar-refractivity contribution in [3.63, 3.8) is 0 Å². The van der Waals surface area contributed by atoms with Crippen LogP contribution in [0, 0.1) is 0 Å². The fourth-order valence-electron chi connectivity index (χ4n) is 1.42. The molecule has 1 heterocycles. The highest BCUT2D eigenvalue weighted by molar-refractivity contribution is 6.34. The van der Waals surface area contributed by atoms with Crippen LogP contribution >= 0.6 is 11.6 Å². The number of imidazole rings is 1. The summed E-state index contributed by atoms with van der Waals surface area (Å²) in [6.45, 7) is 0.797. The van der Waals surface area contributed by atoms with Crippen LogP contribution in [0.3, 0.4) is 0 Å². The molecule has 0 atom stereocenters. The minimum Gasteiger partial charge on any atom is -0.341 e. The Kier molecular flexibility index (Phi) is 2.44. The number of rotatable bonds is 2. The van der Waals surface area contributed by atoms with Crippen molar-refractivity contribution in [2.45, 2.75) is 6.54 Å². The van der Waals surface area contributed by atoms with E-state index >= 15 is 0 Å². The Labute approximate surface area is 87.7 Å². The first-order valence-corrected chi connectivity index (χ1v) is 4.82. The summed E-state index contributed by atoms with van der Waals surface area (Å²) < 4.78 is 0. The Morgan fingerprint density at radius 3 is 2.86 bits per heavy atom. The fraction of sp³-hybridized carbons (Fsp3) is 0.300. The zero-order valence-electron chi connectivity index (χ0n) is 8.21. The summed E-state index contributed by atoms with van der Waals surface area (Å²) in [4.78, 5) is 9.71. The molecular formula is C10H12ClN3. The van der Waals surface area contributed by atoms with E-state index < -0.39 is 0 Å². The quantitative estimate of drug-likeness (QED) is 0.823. The molecule has 0 aliphatic carbocycles. The van der Waals surface area contributed by atoms with E-state index in [0.717, 1.165) is 23.4 Å². The highest BCUT2D eigenvalue weighted by Gasteiger charge is 2.05. The van der Waals surface area contributed by atoms with Crippen LogP contribution in [0.15, 0.2) is 18.2 Å². The third kappa shape index (κ3) is 1.74. The van der Waals surface area contributed by atoms with Gasteiger partial charge < -0.3 is 9.88 Å². The van der Waals surface area contributed by atoms with Crippen molar-refractivity contribution in [3.8, 4) is 0 Å². The molecule has 74 valence electrons. The van der Waals surface area contributed by atoms with Crippen molar-refractivity contribution in [2.75, 3.05) is 14.1 Å². The number of halogens is 1. The van der Waals surface area contributed by atoms with Crippen molar-refractivity contribution in [2.24, 2.45) is 0 Å². The molecule has 1 aromatic carbocycles. The Bertz CT molecular complexity index is 448. The van der Waals surface area contributed by atoms with Gasteiger partial charge in [-0.05, 0) is 26.2 Å². The average molecular weight is 210 g/mol. The summed E-state index contributed by atoms with van der Waals surface area (Å²) >= 11 is 6.01. The second kappa shape index (κ2) is 3.59. The van der Waals surface area contributed by atoms with E-state index in [1.165, 1.54) is 0 Å². The molecule has 0 aliphatic rings. The van der Waals surface area contributed by atoms with E-state index in [0.29, 0.717) is 5.02 Å². The van der Waals surface area contributed by atoms with Crippen LogP contribution in [0.2, 0.25) is 5.02 Å². The maximum atomic E-state index is 6.01. The maximum Gasteiger partial charge on any atom is 0.121 e. The molecule has 2 aromatic rings. The molecule has 0 aliphatic heterocycles. The van der Waals surface area contributed by atoms with Gasteiger partial charge in [-0.2, -0.15) is 0 Å². The lowest BCUT2D eigenvalue weighted by Gasteiger charge is -2.04. The number of fused-ring (bicyclic) bond motifs is 1. The highest BCUT2D eigenvalue weighted by Crippen LogP contribution is 2.20. The van der Waals surface area contributed by atoms with Gasteiger partial charge in [0.15, 0.2) is 0 Å². The minimum atomic E-state index is 0.698. The zero-order chi connectivity index (χ0) is 10.1. The standard InChI is InChI=1S/C10H12ClN3/c1-14(2)6-9-12-8-5-3-4-7(11)10(8)13-9/h3-5H,6H2,1-2H3,(H,12,13). The lowest BCUT2D eigenvalue weighted by Crippen LogP contribution is -2.11. The van der Waals surface area contributed by atoms with E-state index in [4.69, 9.17) is 11.6 Å². The van der Waals surface area contributed by atoms with E-state index in [1.54, 1.807) is 0 Å². The summed E-state index contributed by atoms with van der Waals surface area (Å²) in [5.41, 5.74) is 1.85. The number of hydrogen-bond donors (Lipinski definition) is 1. The Morgan fingerprint density at radius 2 is 2.21 bits per heavy atom. The van der Waals surface area contributed by atoms with Crippen molar-refractivity contribution < 1.29 is 0 Å². The van der Waals surface area contributed by atoms with Gasteiger partial charge in [0, 0.05) is 0 Å². The van der Waals surface area contributed by atoms with Crippen LogP contribution in [0.5, 0.6) is 0 Å². The van der Waals surface area contributed by atoms with Crippen LogP contribution in [-0.2, 0) is 6.54 Å². The van der Waals surface area contributed by atoms with Gasteiger partial charge in [-0.3, -0.25) is 0 Å². The summed E-state index contributed by atoms with van der Waals surface area (Å²) in [5.74, 6) is 0.943. The SMILES string of the molecule is CN(C)Cc1nc2c(Cl)cccc2[nH]1. The van der Waals surface area contributed by atoms with Crippen molar-refractivity contribution in [1.82, 2.24) is 14.9 Å². The first kappa shape index (κ1) is 9.49. The van der Waals surface area contributed by atoms with E-state index in [9.17, 15) is 0 Å². The van der Waals surface area contributed by atoms with Crippen LogP contribution in [0.1, 0.15) is 5.82 Å². The minimum absolute atomic E-state index is 0.698. The number of aromatic nitrogens is 2. The molecule has 0 radical (unpaired) electrons. The Balaban J connectivity index is 2.46. The van der Waals surface area contributed by atoms with Gasteiger partial charge in [-0.25, -0.2) is 4.98 Å². The third-order valence-electron chi connectivity index (χ3n) is 1.98. The van der Waals surface area contributed by atoms with Crippen LogP contribution < -0.4 is 0 Å². The van der Waals surface area contributed by atoms with Gasteiger partial charge in [0.25, 0.3) is 0 Å². The summed E-state index contributed by atoms with van der Waals surface area (Å²) in [5, 5.41) is 0.698. The molecule has 1 N–H and O–H groups in total. The molecule has 0 saturated carbocycles. The largest absolute Gasteiger partial charge is 0.341 e. The van der Waals surface area contributed by atoms with Gasteiger partial charge >= 0.3 is 0 Å². The number of H-pyrrole nitrogens is 1. The molecule has 0 amide bonds. The average Bonchev–Trinajstić information content (AvgIpc) is 2.47. The summed E-state index contributed by atoms with van der Waals surface area (Å²) in [6.07, 6.45) is 0.